The maximum absolute atomic E-state index is 13.9. The molecule has 0 heterocycles. The number of amides is 2. The first-order valence-electron chi connectivity index (χ1n) is 12.5. The fraction of sp³-hybridized carbons (Fsp3) is 0.310. The van der Waals surface area contributed by atoms with E-state index in [-0.39, 0.29) is 17.3 Å². The Morgan fingerprint density at radius 2 is 1.63 bits per heavy atom. The van der Waals surface area contributed by atoms with Gasteiger partial charge in [0.2, 0.25) is 11.8 Å². The van der Waals surface area contributed by atoms with Crippen LogP contribution < -0.4 is 9.62 Å². The first-order chi connectivity index (χ1) is 18.0. The maximum Gasteiger partial charge on any atom is 0.264 e. The molecule has 1 atom stereocenters. The summed E-state index contributed by atoms with van der Waals surface area (Å²) in [6, 6.07) is 19.6. The topological polar surface area (TPSA) is 86.8 Å². The number of anilines is 1. The second-order valence-corrected chi connectivity index (χ2v) is 11.5. The lowest BCUT2D eigenvalue weighted by atomic mass is 10.1. The summed E-state index contributed by atoms with van der Waals surface area (Å²) in [5.41, 5.74) is 2.84. The Morgan fingerprint density at radius 1 is 0.974 bits per heavy atom. The third-order valence-corrected chi connectivity index (χ3v) is 8.24. The quantitative estimate of drug-likeness (QED) is 0.357. The predicted molar refractivity (Wildman–Crippen MR) is 152 cm³/mol. The molecule has 3 rings (SSSR count). The molecule has 0 aromatic heterocycles. The number of hydrogen-bond acceptors (Lipinski definition) is 4. The van der Waals surface area contributed by atoms with E-state index in [1.165, 1.54) is 17.0 Å². The van der Waals surface area contributed by atoms with E-state index in [0.29, 0.717) is 22.8 Å². The molecular weight excluding hydrogens is 522 g/mol. The number of carbonyl (C=O) groups is 2. The zero-order valence-electron chi connectivity index (χ0n) is 22.1. The van der Waals surface area contributed by atoms with Gasteiger partial charge in [-0.25, -0.2) is 8.42 Å². The normalized spacial score (nSPS) is 12.0. The van der Waals surface area contributed by atoms with Gasteiger partial charge in [-0.15, -0.1) is 0 Å². The smallest absolute Gasteiger partial charge is 0.264 e. The van der Waals surface area contributed by atoms with Crippen molar-refractivity contribution in [3.8, 4) is 0 Å². The van der Waals surface area contributed by atoms with Crippen LogP contribution in [0.5, 0.6) is 0 Å². The van der Waals surface area contributed by atoms with E-state index in [1.807, 2.05) is 38.1 Å². The molecule has 0 saturated heterocycles. The highest BCUT2D eigenvalue weighted by atomic mass is 35.5. The highest BCUT2D eigenvalue weighted by molar-refractivity contribution is 7.92. The van der Waals surface area contributed by atoms with Gasteiger partial charge in [-0.05, 0) is 68.7 Å². The molecule has 3 aromatic rings. The van der Waals surface area contributed by atoms with Crippen LogP contribution in [0.3, 0.4) is 0 Å². The Hall–Kier alpha value is -3.36. The van der Waals surface area contributed by atoms with Crippen molar-refractivity contribution in [2.45, 2.75) is 51.6 Å². The third-order valence-electron chi connectivity index (χ3n) is 6.23. The van der Waals surface area contributed by atoms with Crippen LogP contribution >= 0.6 is 11.6 Å². The number of rotatable bonds is 11. The molecule has 0 spiro atoms. The summed E-state index contributed by atoms with van der Waals surface area (Å²) in [5, 5.41) is 3.29. The summed E-state index contributed by atoms with van der Waals surface area (Å²) in [7, 11) is -4.11. The molecule has 9 heteroatoms. The molecule has 1 unspecified atom stereocenters. The van der Waals surface area contributed by atoms with E-state index in [0.717, 1.165) is 21.9 Å². The molecule has 2 amide bonds. The van der Waals surface area contributed by atoms with Gasteiger partial charge in [0.1, 0.15) is 12.6 Å². The van der Waals surface area contributed by atoms with Crippen molar-refractivity contribution < 1.29 is 18.0 Å². The largest absolute Gasteiger partial charge is 0.354 e. The van der Waals surface area contributed by atoms with E-state index in [2.05, 4.69) is 5.32 Å². The summed E-state index contributed by atoms with van der Waals surface area (Å²) in [6.45, 7) is 7.45. The van der Waals surface area contributed by atoms with Gasteiger partial charge in [0.15, 0.2) is 0 Å². The lowest BCUT2D eigenvalue weighted by Crippen LogP contribution is -2.51. The molecule has 0 aliphatic carbocycles. The molecule has 1 N–H and O–H groups in total. The first kappa shape index (κ1) is 29.2. The molecule has 0 fully saturated rings. The van der Waals surface area contributed by atoms with Crippen molar-refractivity contribution in [1.29, 1.82) is 0 Å². The van der Waals surface area contributed by atoms with E-state index in [4.69, 9.17) is 11.6 Å². The fourth-order valence-electron chi connectivity index (χ4n) is 4.00. The molecule has 0 aliphatic heterocycles. The number of carbonyl (C=O) groups excluding carboxylic acids is 2. The summed E-state index contributed by atoms with van der Waals surface area (Å²) < 4.78 is 28.7. The number of sulfonamides is 1. The molecule has 0 radical (unpaired) electrons. The van der Waals surface area contributed by atoms with Crippen LogP contribution in [-0.2, 0) is 26.2 Å². The Balaban J connectivity index is 2.03. The first-order valence-corrected chi connectivity index (χ1v) is 14.3. The summed E-state index contributed by atoms with van der Waals surface area (Å²) in [6.07, 6.45) is 0.753. The molecule has 7 nitrogen and oxygen atoms in total. The van der Waals surface area contributed by atoms with Crippen molar-refractivity contribution >= 4 is 39.1 Å². The van der Waals surface area contributed by atoms with Gasteiger partial charge in [0, 0.05) is 18.1 Å². The van der Waals surface area contributed by atoms with Gasteiger partial charge in [-0.3, -0.25) is 13.9 Å². The minimum Gasteiger partial charge on any atom is -0.354 e. The second kappa shape index (κ2) is 12.9. The molecule has 202 valence electrons. The van der Waals surface area contributed by atoms with E-state index >= 15 is 0 Å². The third kappa shape index (κ3) is 7.14. The Morgan fingerprint density at radius 3 is 2.24 bits per heavy atom. The van der Waals surface area contributed by atoms with Crippen molar-refractivity contribution in [3.63, 3.8) is 0 Å². The Labute approximate surface area is 230 Å². The van der Waals surface area contributed by atoms with Crippen LogP contribution in [0, 0.1) is 13.8 Å². The molecule has 0 aliphatic rings. The molecule has 0 bridgehead atoms. The van der Waals surface area contributed by atoms with Crippen LogP contribution in [0.4, 0.5) is 5.69 Å². The van der Waals surface area contributed by atoms with Crippen LogP contribution in [0.2, 0.25) is 5.02 Å². The number of hydrogen-bond donors (Lipinski definition) is 1. The molecular formula is C29H34ClN3O4S. The lowest BCUT2D eigenvalue weighted by Gasteiger charge is -2.32. The van der Waals surface area contributed by atoms with Gasteiger partial charge in [0.05, 0.1) is 10.6 Å². The minimum atomic E-state index is -4.11. The van der Waals surface area contributed by atoms with Gasteiger partial charge in [-0.1, -0.05) is 66.6 Å². The summed E-state index contributed by atoms with van der Waals surface area (Å²) in [5.74, 6) is -0.800. The van der Waals surface area contributed by atoms with Crippen LogP contribution in [0.1, 0.15) is 37.0 Å². The van der Waals surface area contributed by atoms with Crippen molar-refractivity contribution in [2.75, 3.05) is 17.4 Å². The van der Waals surface area contributed by atoms with Crippen LogP contribution in [0.15, 0.2) is 77.7 Å². The number of aryl methyl sites for hydroxylation is 2. The molecule has 0 saturated carbocycles. The number of halogens is 1. The van der Waals surface area contributed by atoms with Crippen molar-refractivity contribution in [2.24, 2.45) is 0 Å². The average Bonchev–Trinajstić information content (AvgIpc) is 2.90. The number of benzene rings is 3. The monoisotopic (exact) mass is 555 g/mol. The average molecular weight is 556 g/mol. The SMILES string of the molecule is CCCNC(=O)C(C)N(Cc1ccc(C)cc1)C(=O)CN(c1ccc(Cl)cc1C)S(=O)(=O)c1ccccc1. The van der Waals surface area contributed by atoms with Gasteiger partial charge in [0.25, 0.3) is 10.0 Å². The van der Waals surface area contributed by atoms with Gasteiger partial charge >= 0.3 is 0 Å². The van der Waals surface area contributed by atoms with Crippen LogP contribution in [0.25, 0.3) is 0 Å². The summed E-state index contributed by atoms with van der Waals surface area (Å²) in [4.78, 5) is 28.3. The number of nitrogens with one attached hydrogen (secondary N) is 1. The zero-order chi connectivity index (χ0) is 27.9. The van der Waals surface area contributed by atoms with Gasteiger partial charge in [-0.2, -0.15) is 0 Å². The predicted octanol–water partition coefficient (Wildman–Crippen LogP) is 5.10. The summed E-state index contributed by atoms with van der Waals surface area (Å²) >= 11 is 6.14. The Kier molecular flexibility index (Phi) is 9.94. The van der Waals surface area contributed by atoms with Crippen LogP contribution in [-0.4, -0.2) is 44.3 Å². The minimum absolute atomic E-state index is 0.0565. The zero-order valence-corrected chi connectivity index (χ0v) is 23.7. The lowest BCUT2D eigenvalue weighted by molar-refractivity contribution is -0.139. The molecule has 38 heavy (non-hydrogen) atoms. The second-order valence-electron chi connectivity index (χ2n) is 9.23. The number of nitrogens with zero attached hydrogens (tertiary/aromatic N) is 2. The standard InChI is InChI=1S/C29H34ClN3O4S/c1-5-17-31-29(35)23(4)32(19-24-13-11-21(2)12-14-24)28(34)20-33(27-16-15-25(30)18-22(27)3)38(36,37)26-9-7-6-8-10-26/h6-16,18,23H,5,17,19-20H2,1-4H3,(H,31,35). The maximum atomic E-state index is 13.9. The highest BCUT2D eigenvalue weighted by Crippen LogP contribution is 2.29. The fourth-order valence-corrected chi connectivity index (χ4v) is 5.73. The highest BCUT2D eigenvalue weighted by Gasteiger charge is 2.33. The van der Waals surface area contributed by atoms with Gasteiger partial charge < -0.3 is 10.2 Å². The van der Waals surface area contributed by atoms with E-state index in [9.17, 15) is 18.0 Å². The van der Waals surface area contributed by atoms with Crippen molar-refractivity contribution in [1.82, 2.24) is 10.2 Å². The van der Waals surface area contributed by atoms with E-state index in [1.54, 1.807) is 50.2 Å². The molecule has 3 aromatic carbocycles. The van der Waals surface area contributed by atoms with E-state index < -0.39 is 28.5 Å². The van der Waals surface area contributed by atoms with Crippen molar-refractivity contribution in [3.05, 3.63) is 94.5 Å². The Bertz CT molecular complexity index is 1360.